The zero-order chi connectivity index (χ0) is 10.0. The SMILES string of the molecule is Br.O=S1(=O)CCC(C2CCCCN2)CC1. The van der Waals surface area contributed by atoms with Crippen LogP contribution in [0.3, 0.4) is 0 Å². The minimum absolute atomic E-state index is 0. The first kappa shape index (κ1) is 13.5. The van der Waals surface area contributed by atoms with Crippen LogP contribution in [0.4, 0.5) is 0 Å². The average Bonchev–Trinajstić information content (AvgIpc) is 2.19. The first-order valence-electron chi connectivity index (χ1n) is 5.61. The molecule has 0 aromatic carbocycles. The monoisotopic (exact) mass is 297 g/mol. The highest BCUT2D eigenvalue weighted by molar-refractivity contribution is 8.93. The van der Waals surface area contributed by atoms with Gasteiger partial charge in [0.15, 0.2) is 0 Å². The molecule has 0 aliphatic carbocycles. The lowest BCUT2D eigenvalue weighted by molar-refractivity contribution is 0.277. The Labute approximate surface area is 103 Å². The maximum absolute atomic E-state index is 11.3. The molecular formula is C10H20BrNO2S. The molecule has 2 aliphatic heterocycles. The average molecular weight is 298 g/mol. The molecule has 0 aromatic rings. The summed E-state index contributed by atoms with van der Waals surface area (Å²) >= 11 is 0. The molecule has 0 aromatic heterocycles. The topological polar surface area (TPSA) is 46.2 Å². The molecule has 0 radical (unpaired) electrons. The van der Waals surface area contributed by atoms with Gasteiger partial charge in [-0.25, -0.2) is 8.42 Å². The van der Waals surface area contributed by atoms with Gasteiger partial charge in [-0.15, -0.1) is 17.0 Å². The van der Waals surface area contributed by atoms with Gasteiger partial charge in [0.2, 0.25) is 0 Å². The second kappa shape index (κ2) is 5.64. The van der Waals surface area contributed by atoms with E-state index in [1.807, 2.05) is 0 Å². The van der Waals surface area contributed by atoms with Gasteiger partial charge < -0.3 is 5.32 Å². The Morgan fingerprint density at radius 3 is 2.20 bits per heavy atom. The van der Waals surface area contributed by atoms with Crippen LogP contribution in [0.25, 0.3) is 0 Å². The van der Waals surface area contributed by atoms with Crippen molar-refractivity contribution in [1.29, 1.82) is 0 Å². The predicted molar refractivity (Wildman–Crippen MR) is 67.3 cm³/mol. The molecule has 15 heavy (non-hydrogen) atoms. The van der Waals surface area contributed by atoms with Crippen molar-refractivity contribution < 1.29 is 8.42 Å². The summed E-state index contributed by atoms with van der Waals surface area (Å²) in [6.45, 7) is 1.12. The predicted octanol–water partition coefficient (Wildman–Crippen LogP) is 1.53. The first-order valence-corrected chi connectivity index (χ1v) is 7.43. The van der Waals surface area contributed by atoms with E-state index in [9.17, 15) is 8.42 Å². The number of rotatable bonds is 1. The van der Waals surface area contributed by atoms with Gasteiger partial charge in [0.25, 0.3) is 0 Å². The molecule has 0 spiro atoms. The van der Waals surface area contributed by atoms with E-state index in [1.54, 1.807) is 0 Å². The van der Waals surface area contributed by atoms with E-state index in [-0.39, 0.29) is 17.0 Å². The first-order chi connectivity index (χ1) is 6.67. The van der Waals surface area contributed by atoms with Gasteiger partial charge in [-0.1, -0.05) is 6.42 Å². The molecule has 2 fully saturated rings. The summed E-state index contributed by atoms with van der Waals surface area (Å²) in [5, 5.41) is 3.52. The summed E-state index contributed by atoms with van der Waals surface area (Å²) in [4.78, 5) is 0. The van der Waals surface area contributed by atoms with E-state index in [4.69, 9.17) is 0 Å². The van der Waals surface area contributed by atoms with Crippen molar-refractivity contribution in [2.24, 2.45) is 5.92 Å². The Hall–Kier alpha value is 0.390. The lowest BCUT2D eigenvalue weighted by Crippen LogP contribution is -2.43. The van der Waals surface area contributed by atoms with Gasteiger partial charge in [-0.05, 0) is 38.1 Å². The van der Waals surface area contributed by atoms with Gasteiger partial charge >= 0.3 is 0 Å². The van der Waals surface area contributed by atoms with Crippen LogP contribution in [0.5, 0.6) is 0 Å². The Balaban J connectivity index is 0.00000112. The highest BCUT2D eigenvalue weighted by Crippen LogP contribution is 2.26. The van der Waals surface area contributed by atoms with E-state index in [1.165, 1.54) is 19.3 Å². The summed E-state index contributed by atoms with van der Waals surface area (Å²) in [7, 11) is -2.68. The minimum atomic E-state index is -2.68. The van der Waals surface area contributed by atoms with E-state index in [0.29, 0.717) is 23.5 Å². The smallest absolute Gasteiger partial charge is 0.150 e. The highest BCUT2D eigenvalue weighted by Gasteiger charge is 2.29. The fourth-order valence-electron chi connectivity index (χ4n) is 2.59. The molecule has 0 saturated carbocycles. The number of nitrogens with one attached hydrogen (secondary N) is 1. The fourth-order valence-corrected chi connectivity index (χ4v) is 4.12. The highest BCUT2D eigenvalue weighted by atomic mass is 79.9. The summed E-state index contributed by atoms with van der Waals surface area (Å²) in [5.41, 5.74) is 0. The van der Waals surface area contributed by atoms with Gasteiger partial charge in [-0.3, -0.25) is 0 Å². The summed E-state index contributed by atoms with van der Waals surface area (Å²) in [6.07, 6.45) is 5.58. The summed E-state index contributed by atoms with van der Waals surface area (Å²) in [5.74, 6) is 1.44. The van der Waals surface area contributed by atoms with E-state index >= 15 is 0 Å². The number of sulfone groups is 1. The fraction of sp³-hybridized carbons (Fsp3) is 1.00. The zero-order valence-corrected chi connectivity index (χ0v) is 11.5. The normalized spacial score (nSPS) is 31.9. The van der Waals surface area contributed by atoms with Gasteiger partial charge in [-0.2, -0.15) is 0 Å². The van der Waals surface area contributed by atoms with Crippen LogP contribution in [0.1, 0.15) is 32.1 Å². The molecule has 0 amide bonds. The van der Waals surface area contributed by atoms with Crippen molar-refractivity contribution >= 4 is 26.8 Å². The van der Waals surface area contributed by atoms with E-state index < -0.39 is 9.84 Å². The van der Waals surface area contributed by atoms with E-state index in [2.05, 4.69) is 5.32 Å². The molecule has 1 atom stereocenters. The third-order valence-electron chi connectivity index (χ3n) is 3.52. The van der Waals surface area contributed by atoms with Crippen molar-refractivity contribution in [3.8, 4) is 0 Å². The van der Waals surface area contributed by atoms with Crippen LogP contribution in [0, 0.1) is 5.92 Å². The van der Waals surface area contributed by atoms with Crippen LogP contribution in [-0.2, 0) is 9.84 Å². The molecule has 2 rings (SSSR count). The van der Waals surface area contributed by atoms with Crippen LogP contribution in [0.15, 0.2) is 0 Å². The van der Waals surface area contributed by atoms with Crippen LogP contribution in [0.2, 0.25) is 0 Å². The van der Waals surface area contributed by atoms with Crippen LogP contribution >= 0.6 is 17.0 Å². The molecule has 3 nitrogen and oxygen atoms in total. The number of piperidine rings is 1. The zero-order valence-electron chi connectivity index (χ0n) is 8.94. The van der Waals surface area contributed by atoms with Crippen molar-refractivity contribution in [3.63, 3.8) is 0 Å². The molecule has 1 N–H and O–H groups in total. The summed E-state index contributed by atoms with van der Waals surface area (Å²) < 4.78 is 22.5. The Morgan fingerprint density at radius 2 is 1.67 bits per heavy atom. The Kier molecular flexibility index (Phi) is 5.06. The Bertz CT molecular complexity index is 272. The molecular weight excluding hydrogens is 278 g/mol. The van der Waals surface area contributed by atoms with Crippen molar-refractivity contribution in [2.45, 2.75) is 38.1 Å². The standard InChI is InChI=1S/C10H19NO2S.BrH/c12-14(13)7-4-9(5-8-14)10-3-1-2-6-11-10;/h9-11H,1-8H2;1H. The third-order valence-corrected chi connectivity index (χ3v) is 5.23. The van der Waals surface area contributed by atoms with Gasteiger partial charge in [0, 0.05) is 6.04 Å². The maximum atomic E-state index is 11.3. The molecule has 90 valence electrons. The molecule has 2 aliphatic rings. The second-order valence-electron chi connectivity index (χ2n) is 4.55. The number of hydrogen-bond donors (Lipinski definition) is 1. The molecule has 2 heterocycles. The number of hydrogen-bond acceptors (Lipinski definition) is 3. The third kappa shape index (κ3) is 3.71. The molecule has 1 unspecified atom stereocenters. The second-order valence-corrected chi connectivity index (χ2v) is 6.85. The lowest BCUT2D eigenvalue weighted by Gasteiger charge is -2.33. The van der Waals surface area contributed by atoms with Crippen molar-refractivity contribution in [1.82, 2.24) is 5.32 Å². The summed E-state index contributed by atoms with van der Waals surface area (Å²) in [6, 6.07) is 0.597. The lowest BCUT2D eigenvalue weighted by atomic mass is 9.88. The van der Waals surface area contributed by atoms with E-state index in [0.717, 1.165) is 19.4 Å². The van der Waals surface area contributed by atoms with Gasteiger partial charge in [0.05, 0.1) is 11.5 Å². The molecule has 5 heteroatoms. The largest absolute Gasteiger partial charge is 0.314 e. The molecule has 0 bridgehead atoms. The number of halogens is 1. The van der Waals surface area contributed by atoms with Crippen LogP contribution < -0.4 is 5.32 Å². The van der Waals surface area contributed by atoms with Crippen LogP contribution in [-0.4, -0.2) is 32.5 Å². The maximum Gasteiger partial charge on any atom is 0.150 e. The Morgan fingerprint density at radius 1 is 1.00 bits per heavy atom. The quantitative estimate of drug-likeness (QED) is 0.798. The van der Waals surface area contributed by atoms with Crippen molar-refractivity contribution in [2.75, 3.05) is 18.1 Å². The van der Waals surface area contributed by atoms with Gasteiger partial charge in [0.1, 0.15) is 9.84 Å². The van der Waals surface area contributed by atoms with Crippen molar-refractivity contribution in [3.05, 3.63) is 0 Å². The minimum Gasteiger partial charge on any atom is -0.314 e. The molecule has 2 saturated heterocycles.